The minimum Gasteiger partial charge on any atom is -0.451 e. The van der Waals surface area contributed by atoms with Crippen LogP contribution >= 0.6 is 0 Å². The molecule has 0 aromatic heterocycles. The van der Waals surface area contributed by atoms with Crippen LogP contribution in [0.25, 0.3) is 0 Å². The summed E-state index contributed by atoms with van der Waals surface area (Å²) in [7, 11) is -5.30. The molecule has 0 saturated carbocycles. The number of hydrogen-bond donors (Lipinski definition) is 0. The molecule has 0 aliphatic carbocycles. The standard InChI is InChI=1S/C6H15F3OSi2/c1-11(2,3)10-12(4-7,5-8)6-9/h4-6H2,1-3H3. The minimum atomic E-state index is -3.29. The molecule has 0 amide bonds. The maximum Gasteiger partial charge on any atom is 0.274 e. The first-order valence-electron chi connectivity index (χ1n) is 3.77. The molecule has 0 saturated heterocycles. The SMILES string of the molecule is C[Si](C)(C)O[Si](CF)(CF)CF. The van der Waals surface area contributed by atoms with E-state index >= 15 is 0 Å². The van der Waals surface area contributed by atoms with Crippen LogP contribution in [-0.4, -0.2) is 35.5 Å². The largest absolute Gasteiger partial charge is 0.451 e. The Labute approximate surface area is 73.2 Å². The molecular formula is C6H15F3OSi2. The van der Waals surface area contributed by atoms with Gasteiger partial charge in [-0.3, -0.25) is 13.2 Å². The molecule has 0 N–H and O–H groups in total. The van der Waals surface area contributed by atoms with Crippen LogP contribution in [-0.2, 0) is 4.12 Å². The number of halogens is 3. The monoisotopic (exact) mass is 216 g/mol. The van der Waals surface area contributed by atoms with E-state index in [1.807, 2.05) is 0 Å². The Hall–Kier alpha value is 0.184. The molecular weight excluding hydrogens is 201 g/mol. The molecule has 0 heterocycles. The van der Waals surface area contributed by atoms with Crippen molar-refractivity contribution in [3.05, 3.63) is 0 Å². The van der Waals surface area contributed by atoms with Crippen molar-refractivity contribution in [2.45, 2.75) is 19.6 Å². The molecule has 0 atom stereocenters. The Balaban J connectivity index is 4.30. The van der Waals surface area contributed by atoms with Gasteiger partial charge in [0.05, 0.1) is 0 Å². The van der Waals surface area contributed by atoms with Crippen molar-refractivity contribution in [2.24, 2.45) is 0 Å². The third kappa shape index (κ3) is 3.73. The number of alkyl halides is 3. The van der Waals surface area contributed by atoms with Crippen molar-refractivity contribution >= 4 is 16.6 Å². The normalized spacial score (nSPS) is 13.5. The van der Waals surface area contributed by atoms with Crippen molar-refractivity contribution in [2.75, 3.05) is 18.9 Å². The Morgan fingerprint density at radius 2 is 1.25 bits per heavy atom. The lowest BCUT2D eigenvalue weighted by atomic mass is 11.7. The van der Waals surface area contributed by atoms with E-state index in [-0.39, 0.29) is 0 Å². The first-order chi connectivity index (χ1) is 5.39. The molecule has 0 rings (SSSR count). The topological polar surface area (TPSA) is 9.23 Å². The van der Waals surface area contributed by atoms with Crippen molar-refractivity contribution in [3.63, 3.8) is 0 Å². The van der Waals surface area contributed by atoms with Crippen LogP contribution in [0.5, 0.6) is 0 Å². The van der Waals surface area contributed by atoms with Gasteiger partial charge in [-0.15, -0.1) is 0 Å². The Morgan fingerprint density at radius 3 is 1.33 bits per heavy atom. The molecule has 0 spiro atoms. The predicted molar refractivity (Wildman–Crippen MR) is 48.1 cm³/mol. The van der Waals surface area contributed by atoms with Gasteiger partial charge in [0.25, 0.3) is 8.32 Å². The first-order valence-corrected chi connectivity index (χ1v) is 9.71. The van der Waals surface area contributed by atoms with Crippen LogP contribution in [0.15, 0.2) is 0 Å². The van der Waals surface area contributed by atoms with Crippen molar-refractivity contribution in [1.29, 1.82) is 0 Å². The average Bonchev–Trinajstić information content (AvgIpc) is 1.99. The zero-order chi connectivity index (χ0) is 9.83. The zero-order valence-electron chi connectivity index (χ0n) is 7.66. The second kappa shape index (κ2) is 4.43. The fourth-order valence-corrected chi connectivity index (χ4v) is 6.90. The van der Waals surface area contributed by atoms with E-state index in [1.54, 1.807) is 19.6 Å². The molecule has 0 bridgehead atoms. The summed E-state index contributed by atoms with van der Waals surface area (Å²) in [5.74, 6) is 0. The van der Waals surface area contributed by atoms with E-state index in [4.69, 9.17) is 4.12 Å². The van der Waals surface area contributed by atoms with E-state index < -0.39 is 35.5 Å². The van der Waals surface area contributed by atoms with Gasteiger partial charge in [0.2, 0.25) is 0 Å². The lowest BCUT2D eigenvalue weighted by molar-refractivity contribution is 0.393. The minimum absolute atomic E-state index is 0.968. The molecule has 12 heavy (non-hydrogen) atoms. The summed E-state index contributed by atoms with van der Waals surface area (Å²) in [4.78, 5) is 0. The Morgan fingerprint density at radius 1 is 0.917 bits per heavy atom. The summed E-state index contributed by atoms with van der Waals surface area (Å²) in [6, 6.07) is 0. The van der Waals surface area contributed by atoms with Crippen LogP contribution in [0, 0.1) is 0 Å². The van der Waals surface area contributed by atoms with Crippen LogP contribution in [0.3, 0.4) is 0 Å². The Bertz CT molecular complexity index is 125. The van der Waals surface area contributed by atoms with Gasteiger partial charge in [-0.1, -0.05) is 0 Å². The highest BCUT2D eigenvalue weighted by Gasteiger charge is 2.40. The highest BCUT2D eigenvalue weighted by atomic mass is 28.4. The maximum absolute atomic E-state index is 12.3. The molecule has 6 heteroatoms. The quantitative estimate of drug-likeness (QED) is 0.641. The van der Waals surface area contributed by atoms with Gasteiger partial charge in [-0.2, -0.15) is 0 Å². The summed E-state index contributed by atoms with van der Waals surface area (Å²) in [6.45, 7) is 5.40. The van der Waals surface area contributed by atoms with Crippen LogP contribution in [0.1, 0.15) is 0 Å². The molecule has 0 aromatic rings. The van der Waals surface area contributed by atoms with E-state index in [2.05, 4.69) is 0 Å². The number of hydrogen-bond acceptors (Lipinski definition) is 1. The van der Waals surface area contributed by atoms with Gasteiger partial charge in [0, 0.05) is 0 Å². The third-order valence-electron chi connectivity index (χ3n) is 1.25. The van der Waals surface area contributed by atoms with Gasteiger partial charge in [-0.05, 0) is 19.6 Å². The van der Waals surface area contributed by atoms with E-state index in [0.29, 0.717) is 0 Å². The van der Waals surface area contributed by atoms with Gasteiger partial charge in [0.15, 0.2) is 8.32 Å². The van der Waals surface area contributed by atoms with Gasteiger partial charge in [-0.25, -0.2) is 0 Å². The highest BCUT2D eigenvalue weighted by Crippen LogP contribution is 2.16. The average molecular weight is 216 g/mol. The fraction of sp³-hybridized carbons (Fsp3) is 1.00. The molecule has 0 unspecified atom stereocenters. The first kappa shape index (κ1) is 12.2. The van der Waals surface area contributed by atoms with E-state index in [1.165, 1.54) is 0 Å². The second-order valence-corrected chi connectivity index (χ2v) is 12.0. The lowest BCUT2D eigenvalue weighted by Crippen LogP contribution is -2.54. The Kier molecular flexibility index (Phi) is 4.50. The third-order valence-corrected chi connectivity index (χ3v) is 6.90. The van der Waals surface area contributed by atoms with Crippen LogP contribution in [0.4, 0.5) is 13.2 Å². The molecule has 1 nitrogen and oxygen atoms in total. The van der Waals surface area contributed by atoms with Gasteiger partial charge >= 0.3 is 0 Å². The van der Waals surface area contributed by atoms with Crippen LogP contribution < -0.4 is 0 Å². The molecule has 0 aliphatic rings. The highest BCUT2D eigenvalue weighted by molar-refractivity contribution is 6.85. The van der Waals surface area contributed by atoms with Crippen LogP contribution in [0.2, 0.25) is 19.6 Å². The summed E-state index contributed by atoms with van der Waals surface area (Å²) in [6.07, 6.45) is -2.90. The maximum atomic E-state index is 12.3. The summed E-state index contributed by atoms with van der Waals surface area (Å²) >= 11 is 0. The van der Waals surface area contributed by atoms with Crippen molar-refractivity contribution < 1.29 is 17.3 Å². The molecule has 74 valence electrons. The second-order valence-electron chi connectivity index (χ2n) is 3.80. The summed E-state index contributed by atoms with van der Waals surface area (Å²) < 4.78 is 42.2. The number of rotatable bonds is 5. The van der Waals surface area contributed by atoms with E-state index in [9.17, 15) is 13.2 Å². The predicted octanol–water partition coefficient (Wildman–Crippen LogP) is 2.31. The fourth-order valence-electron chi connectivity index (χ4n) is 0.838. The van der Waals surface area contributed by atoms with E-state index in [0.717, 1.165) is 0 Å². The van der Waals surface area contributed by atoms with Gasteiger partial charge < -0.3 is 4.12 Å². The lowest BCUT2D eigenvalue weighted by Gasteiger charge is -2.30. The van der Waals surface area contributed by atoms with Crippen molar-refractivity contribution in [1.82, 2.24) is 0 Å². The molecule has 0 aliphatic heterocycles. The van der Waals surface area contributed by atoms with Crippen molar-refractivity contribution in [3.8, 4) is 0 Å². The zero-order valence-corrected chi connectivity index (χ0v) is 9.66. The smallest absolute Gasteiger partial charge is 0.274 e. The summed E-state index contributed by atoms with van der Waals surface area (Å²) in [5, 5.41) is 0. The summed E-state index contributed by atoms with van der Waals surface area (Å²) in [5.41, 5.74) is 0. The molecule has 0 aromatic carbocycles. The molecule has 0 radical (unpaired) electrons. The van der Waals surface area contributed by atoms with Gasteiger partial charge in [0.1, 0.15) is 18.9 Å². The molecule has 0 fully saturated rings.